The average molecular weight is 312 g/mol. The molecule has 0 heterocycles. The van der Waals surface area contributed by atoms with Gasteiger partial charge in [-0.05, 0) is 6.42 Å². The van der Waals surface area contributed by atoms with Gasteiger partial charge in [0.05, 0.1) is 5.92 Å². The Labute approximate surface area is 134 Å². The summed E-state index contributed by atoms with van der Waals surface area (Å²) in [5, 5.41) is 17.8. The summed E-state index contributed by atoms with van der Waals surface area (Å²) in [5.74, 6) is -3.24. The van der Waals surface area contributed by atoms with Crippen molar-refractivity contribution in [2.75, 3.05) is 0 Å². The number of rotatable bonds is 15. The Kier molecular flexibility index (Phi) is 12.5. The topological polar surface area (TPSA) is 74.6 Å². The van der Waals surface area contributed by atoms with E-state index in [9.17, 15) is 9.59 Å². The van der Waals surface area contributed by atoms with Gasteiger partial charge in [0.2, 0.25) is 0 Å². The lowest BCUT2D eigenvalue weighted by molar-refractivity contribution is -0.144. The van der Waals surface area contributed by atoms with E-state index in [1.54, 1.807) is 0 Å². The van der Waals surface area contributed by atoms with Gasteiger partial charge in [0.1, 0.15) is 0 Å². The van der Waals surface area contributed by atoms with Crippen LogP contribution in [0, 0.1) is 5.92 Å². The maximum absolute atomic E-state index is 11.0. The second-order valence-corrected chi connectivity index (χ2v) is 6.05. The molecule has 0 aliphatic heterocycles. The SMILES string of the molecule is C=C(C(=O)O)C(CCCCCCCCCCCCC)C(=O)O. The van der Waals surface area contributed by atoms with Crippen LogP contribution < -0.4 is 0 Å². The maximum Gasteiger partial charge on any atom is 0.331 e. The molecule has 128 valence electrons. The highest BCUT2D eigenvalue weighted by Crippen LogP contribution is 2.19. The molecule has 0 aliphatic carbocycles. The summed E-state index contributed by atoms with van der Waals surface area (Å²) in [6.07, 6.45) is 13.5. The maximum atomic E-state index is 11.0. The van der Waals surface area contributed by atoms with E-state index in [1.807, 2.05) is 0 Å². The van der Waals surface area contributed by atoms with Gasteiger partial charge < -0.3 is 10.2 Å². The van der Waals surface area contributed by atoms with E-state index >= 15 is 0 Å². The van der Waals surface area contributed by atoms with E-state index in [1.165, 1.54) is 51.4 Å². The fourth-order valence-corrected chi connectivity index (χ4v) is 2.61. The minimum atomic E-state index is -1.21. The van der Waals surface area contributed by atoms with Crippen molar-refractivity contribution in [3.05, 3.63) is 12.2 Å². The van der Waals surface area contributed by atoms with Crippen LogP contribution in [0.25, 0.3) is 0 Å². The van der Waals surface area contributed by atoms with Crippen molar-refractivity contribution >= 4 is 11.9 Å². The van der Waals surface area contributed by atoms with Gasteiger partial charge >= 0.3 is 11.9 Å². The zero-order chi connectivity index (χ0) is 16.8. The van der Waals surface area contributed by atoms with Gasteiger partial charge in [-0.2, -0.15) is 0 Å². The van der Waals surface area contributed by atoms with Gasteiger partial charge in [-0.1, -0.05) is 84.1 Å². The van der Waals surface area contributed by atoms with Crippen LogP contribution in [0.2, 0.25) is 0 Å². The van der Waals surface area contributed by atoms with Crippen molar-refractivity contribution < 1.29 is 19.8 Å². The molecule has 0 aromatic carbocycles. The lowest BCUT2D eigenvalue weighted by atomic mass is 9.93. The molecule has 0 aromatic rings. The average Bonchev–Trinajstić information content (AvgIpc) is 2.47. The molecule has 2 N–H and O–H groups in total. The molecule has 1 atom stereocenters. The minimum Gasteiger partial charge on any atom is -0.481 e. The fraction of sp³-hybridized carbons (Fsp3) is 0.778. The molecule has 0 amide bonds. The first-order valence-corrected chi connectivity index (χ1v) is 8.65. The molecule has 0 rings (SSSR count). The summed E-state index contributed by atoms with van der Waals surface area (Å²) < 4.78 is 0. The number of aliphatic carboxylic acids is 2. The Morgan fingerprint density at radius 3 is 1.59 bits per heavy atom. The third-order valence-electron chi connectivity index (χ3n) is 4.09. The third-order valence-corrected chi connectivity index (χ3v) is 4.09. The van der Waals surface area contributed by atoms with Gasteiger partial charge in [-0.15, -0.1) is 0 Å². The lowest BCUT2D eigenvalue weighted by Crippen LogP contribution is -2.20. The van der Waals surface area contributed by atoms with Gasteiger partial charge in [-0.25, -0.2) is 4.79 Å². The summed E-state index contributed by atoms with van der Waals surface area (Å²) in [5.41, 5.74) is -0.209. The van der Waals surface area contributed by atoms with Gasteiger partial charge in [-0.3, -0.25) is 4.79 Å². The molecule has 0 aromatic heterocycles. The molecule has 4 heteroatoms. The Balaban J connectivity index is 3.56. The Morgan fingerprint density at radius 1 is 0.818 bits per heavy atom. The van der Waals surface area contributed by atoms with Crippen molar-refractivity contribution in [2.24, 2.45) is 5.92 Å². The summed E-state index contributed by atoms with van der Waals surface area (Å²) in [6, 6.07) is 0. The first kappa shape index (κ1) is 20.7. The first-order chi connectivity index (χ1) is 10.5. The van der Waals surface area contributed by atoms with Crippen LogP contribution in [0.5, 0.6) is 0 Å². The number of carboxylic acid groups (broad SMARTS) is 2. The largest absolute Gasteiger partial charge is 0.481 e. The van der Waals surface area contributed by atoms with Crippen molar-refractivity contribution in [1.29, 1.82) is 0 Å². The molecule has 0 saturated heterocycles. The highest BCUT2D eigenvalue weighted by molar-refractivity contribution is 5.93. The van der Waals surface area contributed by atoms with Crippen LogP contribution >= 0.6 is 0 Å². The number of hydrogen-bond acceptors (Lipinski definition) is 2. The van der Waals surface area contributed by atoms with Gasteiger partial charge in [0.15, 0.2) is 0 Å². The van der Waals surface area contributed by atoms with E-state index in [4.69, 9.17) is 10.2 Å². The number of unbranched alkanes of at least 4 members (excludes halogenated alkanes) is 10. The molecule has 22 heavy (non-hydrogen) atoms. The van der Waals surface area contributed by atoms with E-state index in [0.29, 0.717) is 6.42 Å². The monoisotopic (exact) mass is 312 g/mol. The second-order valence-electron chi connectivity index (χ2n) is 6.05. The van der Waals surface area contributed by atoms with Crippen LogP contribution in [-0.4, -0.2) is 22.2 Å². The van der Waals surface area contributed by atoms with E-state index < -0.39 is 17.9 Å². The van der Waals surface area contributed by atoms with E-state index in [0.717, 1.165) is 19.3 Å². The number of carboxylic acids is 2. The number of hydrogen-bond donors (Lipinski definition) is 2. The molecule has 4 nitrogen and oxygen atoms in total. The molecule has 0 fully saturated rings. The fourth-order valence-electron chi connectivity index (χ4n) is 2.61. The second kappa shape index (κ2) is 13.4. The van der Waals surface area contributed by atoms with Crippen LogP contribution in [0.1, 0.15) is 84.0 Å². The standard InChI is InChI=1S/C18H32O4/c1-3-4-5-6-7-8-9-10-11-12-13-14-16(18(21)22)15(2)17(19)20/h16H,2-14H2,1H3,(H,19,20)(H,21,22). The highest BCUT2D eigenvalue weighted by Gasteiger charge is 2.24. The summed E-state index contributed by atoms with van der Waals surface area (Å²) in [4.78, 5) is 21.8. The molecule has 0 saturated carbocycles. The molecule has 1 unspecified atom stereocenters. The van der Waals surface area contributed by atoms with Crippen molar-refractivity contribution in [3.8, 4) is 0 Å². The smallest absolute Gasteiger partial charge is 0.331 e. The molecule has 0 spiro atoms. The Bertz CT molecular complexity index is 336. The van der Waals surface area contributed by atoms with Crippen LogP contribution in [-0.2, 0) is 9.59 Å². The van der Waals surface area contributed by atoms with Crippen LogP contribution in [0.3, 0.4) is 0 Å². The first-order valence-electron chi connectivity index (χ1n) is 8.65. The van der Waals surface area contributed by atoms with E-state index in [-0.39, 0.29) is 5.57 Å². The summed E-state index contributed by atoms with van der Waals surface area (Å²) in [6.45, 7) is 5.59. The van der Waals surface area contributed by atoms with Crippen LogP contribution in [0.15, 0.2) is 12.2 Å². The molecule has 0 radical (unpaired) electrons. The minimum absolute atomic E-state index is 0.209. The molecular formula is C18H32O4. The Hall–Kier alpha value is -1.32. The normalized spacial score (nSPS) is 12.0. The van der Waals surface area contributed by atoms with Gasteiger partial charge in [0, 0.05) is 5.57 Å². The van der Waals surface area contributed by atoms with Gasteiger partial charge in [0.25, 0.3) is 0 Å². The predicted molar refractivity (Wildman–Crippen MR) is 89.0 cm³/mol. The molecular weight excluding hydrogens is 280 g/mol. The lowest BCUT2D eigenvalue weighted by Gasteiger charge is -2.11. The van der Waals surface area contributed by atoms with Crippen molar-refractivity contribution in [3.63, 3.8) is 0 Å². The summed E-state index contributed by atoms with van der Waals surface area (Å²) in [7, 11) is 0. The predicted octanol–water partition coefficient (Wildman–Crippen LogP) is 5.03. The zero-order valence-electron chi connectivity index (χ0n) is 14.0. The zero-order valence-corrected chi connectivity index (χ0v) is 14.0. The highest BCUT2D eigenvalue weighted by atomic mass is 16.4. The molecule has 0 bridgehead atoms. The quantitative estimate of drug-likeness (QED) is 0.328. The summed E-state index contributed by atoms with van der Waals surface area (Å²) >= 11 is 0. The van der Waals surface area contributed by atoms with Crippen LogP contribution in [0.4, 0.5) is 0 Å². The Morgan fingerprint density at radius 2 is 1.23 bits per heavy atom. The number of carbonyl (C=O) groups is 2. The van der Waals surface area contributed by atoms with Crippen molar-refractivity contribution in [2.45, 2.75) is 84.0 Å². The third kappa shape index (κ3) is 10.4. The van der Waals surface area contributed by atoms with Crippen molar-refractivity contribution in [1.82, 2.24) is 0 Å². The van der Waals surface area contributed by atoms with E-state index in [2.05, 4.69) is 13.5 Å². The molecule has 0 aliphatic rings.